The monoisotopic (exact) mass is 444 g/mol. The smallest absolute Gasteiger partial charge is 0.221 e. The van der Waals surface area contributed by atoms with Crippen LogP contribution >= 0.6 is 0 Å². The Morgan fingerprint density at radius 1 is 0.941 bits per heavy atom. The highest BCUT2D eigenvalue weighted by Crippen LogP contribution is 2.46. The molecule has 0 radical (unpaired) electrons. The molecule has 0 fully saturated rings. The molecule has 34 heavy (non-hydrogen) atoms. The first kappa shape index (κ1) is 21.4. The average Bonchev–Trinajstić information content (AvgIpc) is 3.24. The first-order valence-corrected chi connectivity index (χ1v) is 11.2. The van der Waals surface area contributed by atoms with Gasteiger partial charge in [0.1, 0.15) is 5.75 Å². The van der Waals surface area contributed by atoms with E-state index in [4.69, 9.17) is 21.4 Å². The minimum Gasteiger partial charge on any atom is -0.496 e. The topological polar surface area (TPSA) is 44.3 Å². The molecule has 5 aromatic rings. The van der Waals surface area contributed by atoms with Crippen LogP contribution in [-0.2, 0) is 6.42 Å². The van der Waals surface area contributed by atoms with Crippen LogP contribution in [0, 0.1) is 13.5 Å². The summed E-state index contributed by atoms with van der Waals surface area (Å²) in [5, 5.41) is 5.70. The van der Waals surface area contributed by atoms with Gasteiger partial charge >= 0.3 is 0 Å². The fourth-order valence-electron chi connectivity index (χ4n) is 4.38. The molecule has 5 nitrogen and oxygen atoms in total. The average molecular weight is 445 g/mol. The Kier molecular flexibility index (Phi) is 5.57. The molecule has 5 heteroatoms. The number of rotatable bonds is 5. The summed E-state index contributed by atoms with van der Waals surface area (Å²) in [7, 11) is 1.65. The second-order valence-electron chi connectivity index (χ2n) is 8.08. The molecule has 0 atom stereocenters. The summed E-state index contributed by atoms with van der Waals surface area (Å²) in [5.74, 6) is 0.707. The van der Waals surface area contributed by atoms with E-state index in [0.29, 0.717) is 22.8 Å². The van der Waals surface area contributed by atoms with Crippen molar-refractivity contribution in [3.63, 3.8) is 0 Å². The molecule has 0 bridgehead atoms. The fourth-order valence-corrected chi connectivity index (χ4v) is 4.38. The quantitative estimate of drug-likeness (QED) is 0.270. The second-order valence-corrected chi connectivity index (χ2v) is 8.08. The molecule has 2 heterocycles. The van der Waals surface area contributed by atoms with Crippen molar-refractivity contribution in [1.82, 2.24) is 14.8 Å². The molecule has 166 valence electrons. The van der Waals surface area contributed by atoms with Crippen molar-refractivity contribution in [2.45, 2.75) is 20.3 Å². The summed E-state index contributed by atoms with van der Waals surface area (Å²) in [4.78, 5) is 9.07. The van der Waals surface area contributed by atoms with Crippen molar-refractivity contribution in [3.8, 4) is 33.8 Å². The van der Waals surface area contributed by atoms with Gasteiger partial charge in [-0.1, -0.05) is 67.6 Å². The van der Waals surface area contributed by atoms with Gasteiger partial charge in [0, 0.05) is 16.5 Å². The van der Waals surface area contributed by atoms with Crippen LogP contribution < -0.4 is 4.74 Å². The maximum atomic E-state index is 8.16. The number of benzene rings is 3. The van der Waals surface area contributed by atoms with Gasteiger partial charge in [-0.3, -0.25) is 0 Å². The summed E-state index contributed by atoms with van der Waals surface area (Å²) < 4.78 is 7.57. The van der Waals surface area contributed by atoms with Crippen LogP contribution in [0.5, 0.6) is 5.75 Å². The zero-order chi connectivity index (χ0) is 23.7. The molecule has 0 N–H and O–H groups in total. The van der Waals surface area contributed by atoms with Gasteiger partial charge < -0.3 is 4.74 Å². The van der Waals surface area contributed by atoms with Crippen LogP contribution in [0.3, 0.4) is 0 Å². The zero-order valence-corrected chi connectivity index (χ0v) is 19.4. The molecule has 0 saturated heterocycles. The number of methoxy groups -OCH3 is 1. The lowest BCUT2D eigenvalue weighted by atomic mass is 9.95. The highest BCUT2D eigenvalue weighted by molar-refractivity contribution is 6.07. The number of fused-ring (bicyclic) bond motifs is 1. The molecule has 0 saturated carbocycles. The number of ether oxygens (including phenoxy) is 1. The second kappa shape index (κ2) is 8.84. The Bertz CT molecular complexity index is 1530. The van der Waals surface area contributed by atoms with Gasteiger partial charge in [-0.2, -0.15) is 5.10 Å². The van der Waals surface area contributed by atoms with Crippen LogP contribution in [0.15, 0.2) is 78.9 Å². The fraction of sp³-hybridized carbons (Fsp3) is 0.138. The van der Waals surface area contributed by atoms with E-state index in [0.717, 1.165) is 39.9 Å². The SMILES string of the molecule is [C-]#[N+]c1c(-c2ccc(CC)cc2)nc2c(c(C)nn2-c2ccccc2)c1-c1ccccc1OC. The predicted molar refractivity (Wildman–Crippen MR) is 137 cm³/mol. The summed E-state index contributed by atoms with van der Waals surface area (Å²) >= 11 is 0. The Balaban J connectivity index is 1.93. The molecule has 2 aromatic heterocycles. The number of nitrogens with zero attached hydrogens (tertiary/aromatic N) is 4. The maximum Gasteiger partial charge on any atom is 0.221 e. The molecule has 0 spiro atoms. The lowest BCUT2D eigenvalue weighted by Gasteiger charge is -2.15. The molecule has 0 aliphatic heterocycles. The highest BCUT2D eigenvalue weighted by Gasteiger charge is 2.25. The van der Waals surface area contributed by atoms with E-state index in [2.05, 4.69) is 23.9 Å². The van der Waals surface area contributed by atoms with Gasteiger partial charge in [0.25, 0.3) is 0 Å². The third kappa shape index (κ3) is 3.50. The van der Waals surface area contributed by atoms with E-state index < -0.39 is 0 Å². The van der Waals surface area contributed by atoms with Gasteiger partial charge in [-0.15, -0.1) is 0 Å². The van der Waals surface area contributed by atoms with E-state index in [1.807, 2.05) is 78.3 Å². The summed E-state index contributed by atoms with van der Waals surface area (Å²) in [5.41, 5.74) is 7.37. The van der Waals surface area contributed by atoms with E-state index in [1.165, 1.54) is 5.56 Å². The largest absolute Gasteiger partial charge is 0.496 e. The van der Waals surface area contributed by atoms with Gasteiger partial charge in [-0.05, 0) is 42.7 Å². The summed E-state index contributed by atoms with van der Waals surface area (Å²) in [6, 6.07) is 26.1. The predicted octanol–water partition coefficient (Wildman–Crippen LogP) is 7.18. The van der Waals surface area contributed by atoms with Gasteiger partial charge in [0.2, 0.25) is 5.69 Å². The number of pyridine rings is 1. The van der Waals surface area contributed by atoms with Gasteiger partial charge in [0.15, 0.2) is 5.65 Å². The van der Waals surface area contributed by atoms with E-state index >= 15 is 0 Å². The first-order valence-electron chi connectivity index (χ1n) is 11.2. The molecule has 0 unspecified atom stereocenters. The number of para-hydroxylation sites is 2. The third-order valence-electron chi connectivity index (χ3n) is 6.09. The Hall–Kier alpha value is -4.43. The maximum absolute atomic E-state index is 8.16. The Labute approximate surface area is 199 Å². The lowest BCUT2D eigenvalue weighted by Crippen LogP contribution is -1.99. The van der Waals surface area contributed by atoms with Crippen molar-refractivity contribution >= 4 is 16.7 Å². The molecule has 5 rings (SSSR count). The normalized spacial score (nSPS) is 10.9. The van der Waals surface area contributed by atoms with Crippen molar-refractivity contribution < 1.29 is 4.74 Å². The van der Waals surface area contributed by atoms with Gasteiger partial charge in [-0.25, -0.2) is 14.5 Å². The number of hydrogen-bond acceptors (Lipinski definition) is 3. The van der Waals surface area contributed by atoms with Crippen LogP contribution in [0.1, 0.15) is 18.2 Å². The Morgan fingerprint density at radius 2 is 1.65 bits per heavy atom. The van der Waals surface area contributed by atoms with Crippen molar-refractivity contribution in [2.24, 2.45) is 0 Å². The molecule has 0 aliphatic carbocycles. The molecular weight excluding hydrogens is 420 g/mol. The first-order chi connectivity index (χ1) is 16.7. The minimum atomic E-state index is 0.497. The zero-order valence-electron chi connectivity index (χ0n) is 19.4. The van der Waals surface area contributed by atoms with E-state index in [9.17, 15) is 0 Å². The molecule has 0 amide bonds. The third-order valence-corrected chi connectivity index (χ3v) is 6.09. The van der Waals surface area contributed by atoms with Crippen LogP contribution in [0.2, 0.25) is 0 Å². The number of aryl methyl sites for hydroxylation is 2. The standard InChI is InChI=1S/C29H24N4O/c1-5-20-15-17-21(18-16-20)27-28(30-3)26(23-13-9-10-14-24(23)34-4)25-19(2)32-33(29(25)31-27)22-11-7-6-8-12-22/h6-18H,5H2,1-2,4H3. The highest BCUT2D eigenvalue weighted by atomic mass is 16.5. The summed E-state index contributed by atoms with van der Waals surface area (Å²) in [6.45, 7) is 12.3. The molecular formula is C29H24N4O. The number of hydrogen-bond donors (Lipinski definition) is 0. The van der Waals surface area contributed by atoms with Crippen LogP contribution in [-0.4, -0.2) is 21.9 Å². The van der Waals surface area contributed by atoms with Crippen LogP contribution in [0.25, 0.3) is 44.0 Å². The summed E-state index contributed by atoms with van der Waals surface area (Å²) in [6.07, 6.45) is 0.953. The molecule has 3 aromatic carbocycles. The van der Waals surface area contributed by atoms with Gasteiger partial charge in [0.05, 0.1) is 30.8 Å². The van der Waals surface area contributed by atoms with Crippen molar-refractivity contribution in [2.75, 3.05) is 7.11 Å². The van der Waals surface area contributed by atoms with E-state index in [1.54, 1.807) is 7.11 Å². The lowest BCUT2D eigenvalue weighted by molar-refractivity contribution is 0.416. The minimum absolute atomic E-state index is 0.497. The molecule has 0 aliphatic rings. The Morgan fingerprint density at radius 3 is 2.32 bits per heavy atom. The van der Waals surface area contributed by atoms with Crippen molar-refractivity contribution in [1.29, 1.82) is 0 Å². The number of aromatic nitrogens is 3. The van der Waals surface area contributed by atoms with Crippen LogP contribution in [0.4, 0.5) is 5.69 Å². The van der Waals surface area contributed by atoms with Crippen molar-refractivity contribution in [3.05, 3.63) is 102 Å². The van der Waals surface area contributed by atoms with E-state index in [-0.39, 0.29) is 0 Å².